The number of likely N-dealkylation sites (tertiary alicyclic amines) is 2. The van der Waals surface area contributed by atoms with E-state index in [4.69, 9.17) is 0 Å². The summed E-state index contributed by atoms with van der Waals surface area (Å²) in [4.78, 5) is 21.0. The van der Waals surface area contributed by atoms with Gasteiger partial charge in [-0.3, -0.25) is 9.69 Å². The van der Waals surface area contributed by atoms with Gasteiger partial charge in [-0.2, -0.15) is 0 Å². The normalized spacial score (nSPS) is 20.0. The lowest BCUT2D eigenvalue weighted by atomic mass is 9.79. The van der Waals surface area contributed by atoms with E-state index in [0.29, 0.717) is 11.1 Å². The Bertz CT molecular complexity index is 703. The number of nitrogens with zero attached hydrogens (tertiary/aromatic N) is 4. The molecule has 1 amide bonds. The van der Waals surface area contributed by atoms with Crippen molar-refractivity contribution in [1.82, 2.24) is 19.4 Å². The summed E-state index contributed by atoms with van der Waals surface area (Å²) < 4.78 is 1.82. The predicted octanol–water partition coefficient (Wildman–Crippen LogP) is 1.77. The Kier molecular flexibility index (Phi) is 3.45. The molecule has 0 bridgehead atoms. The summed E-state index contributed by atoms with van der Waals surface area (Å²) in [7, 11) is 1.89. The van der Waals surface area contributed by atoms with Crippen molar-refractivity contribution >= 4 is 5.91 Å². The topological polar surface area (TPSA) is 41.4 Å². The third kappa shape index (κ3) is 2.77. The molecule has 1 spiro atoms. The molecule has 0 saturated carbocycles. The zero-order valence-corrected chi connectivity index (χ0v) is 13.5. The molecule has 3 heterocycles. The van der Waals surface area contributed by atoms with Crippen molar-refractivity contribution in [3.05, 3.63) is 54.1 Å². The number of hydrogen-bond acceptors (Lipinski definition) is 3. The largest absolute Gasteiger partial charge is 0.340 e. The Balaban J connectivity index is 1.33. The smallest absolute Gasteiger partial charge is 0.274 e. The van der Waals surface area contributed by atoms with Crippen LogP contribution in [0.4, 0.5) is 0 Å². The van der Waals surface area contributed by atoms with E-state index in [0.717, 1.165) is 32.7 Å². The molecule has 0 radical (unpaired) electrons. The highest BCUT2D eigenvalue weighted by atomic mass is 16.2. The highest BCUT2D eigenvalue weighted by molar-refractivity contribution is 5.92. The number of amides is 1. The minimum absolute atomic E-state index is 0.0673. The van der Waals surface area contributed by atoms with Crippen LogP contribution in [0, 0.1) is 5.41 Å². The molecule has 1 aromatic carbocycles. The number of carbonyl (C=O) groups is 1. The van der Waals surface area contributed by atoms with Crippen molar-refractivity contribution in [2.75, 3.05) is 26.2 Å². The standard InChI is InChI=1S/C18H22N4O/c1-20-10-16(19-14-20)17(23)22-12-18(13-22)7-8-21(11-18)9-15-5-3-2-4-6-15/h2-6,10,14H,7-9,11-13H2,1H3. The number of hydrogen-bond donors (Lipinski definition) is 0. The lowest BCUT2D eigenvalue weighted by Crippen LogP contribution is -2.59. The number of imidazole rings is 1. The predicted molar refractivity (Wildman–Crippen MR) is 87.9 cm³/mol. The van der Waals surface area contributed by atoms with E-state index in [1.807, 2.05) is 16.5 Å². The summed E-state index contributed by atoms with van der Waals surface area (Å²) in [5, 5.41) is 0. The molecular weight excluding hydrogens is 288 g/mol. The first kappa shape index (κ1) is 14.5. The van der Waals surface area contributed by atoms with Crippen LogP contribution in [0.5, 0.6) is 0 Å². The van der Waals surface area contributed by atoms with Crippen molar-refractivity contribution in [3.63, 3.8) is 0 Å². The summed E-state index contributed by atoms with van der Waals surface area (Å²) in [6.45, 7) is 4.96. The zero-order valence-electron chi connectivity index (χ0n) is 13.5. The molecule has 23 heavy (non-hydrogen) atoms. The van der Waals surface area contributed by atoms with E-state index in [9.17, 15) is 4.79 Å². The number of benzene rings is 1. The van der Waals surface area contributed by atoms with E-state index in [1.54, 1.807) is 12.5 Å². The van der Waals surface area contributed by atoms with Crippen LogP contribution in [0.3, 0.4) is 0 Å². The molecule has 0 atom stereocenters. The van der Waals surface area contributed by atoms with E-state index in [-0.39, 0.29) is 5.91 Å². The summed E-state index contributed by atoms with van der Waals surface area (Å²) in [6.07, 6.45) is 4.66. The van der Waals surface area contributed by atoms with Gasteiger partial charge >= 0.3 is 0 Å². The van der Waals surface area contributed by atoms with Gasteiger partial charge in [-0.25, -0.2) is 4.98 Å². The van der Waals surface area contributed by atoms with Crippen LogP contribution in [0.15, 0.2) is 42.9 Å². The molecule has 2 fully saturated rings. The highest BCUT2D eigenvalue weighted by Gasteiger charge is 2.49. The molecule has 0 aliphatic carbocycles. The molecule has 5 heteroatoms. The monoisotopic (exact) mass is 310 g/mol. The SMILES string of the molecule is Cn1cnc(C(=O)N2CC3(CCN(Cc4ccccc4)C3)C2)c1. The number of carbonyl (C=O) groups excluding carboxylic acids is 1. The van der Waals surface area contributed by atoms with Crippen molar-refractivity contribution in [2.24, 2.45) is 12.5 Å². The first-order chi connectivity index (χ1) is 11.1. The second kappa shape index (κ2) is 5.49. The van der Waals surface area contributed by atoms with Gasteiger partial charge < -0.3 is 9.47 Å². The lowest BCUT2D eigenvalue weighted by molar-refractivity contribution is 0.00994. The van der Waals surface area contributed by atoms with E-state index in [1.165, 1.54) is 12.0 Å². The summed E-state index contributed by atoms with van der Waals surface area (Å²) >= 11 is 0. The Morgan fingerprint density at radius 2 is 2.00 bits per heavy atom. The zero-order chi connectivity index (χ0) is 15.9. The average Bonchev–Trinajstić information content (AvgIpc) is 3.13. The van der Waals surface area contributed by atoms with Gasteiger partial charge in [-0.05, 0) is 18.5 Å². The van der Waals surface area contributed by atoms with Crippen molar-refractivity contribution in [3.8, 4) is 0 Å². The van der Waals surface area contributed by atoms with E-state index >= 15 is 0 Å². The number of aromatic nitrogens is 2. The Hall–Kier alpha value is -2.14. The van der Waals surface area contributed by atoms with Gasteiger partial charge in [0.1, 0.15) is 5.69 Å². The van der Waals surface area contributed by atoms with Crippen LogP contribution in [0.2, 0.25) is 0 Å². The fourth-order valence-corrected chi connectivity index (χ4v) is 3.85. The molecule has 0 unspecified atom stereocenters. The first-order valence-corrected chi connectivity index (χ1v) is 8.17. The van der Waals surface area contributed by atoms with Gasteiger partial charge in [0.15, 0.2) is 0 Å². The van der Waals surface area contributed by atoms with Crippen LogP contribution >= 0.6 is 0 Å². The minimum Gasteiger partial charge on any atom is -0.340 e. The lowest BCUT2D eigenvalue weighted by Gasteiger charge is -2.47. The maximum Gasteiger partial charge on any atom is 0.274 e. The Labute approximate surface area is 136 Å². The second-order valence-corrected chi connectivity index (χ2v) is 7.03. The van der Waals surface area contributed by atoms with Gasteiger partial charge in [0.25, 0.3) is 5.91 Å². The van der Waals surface area contributed by atoms with Crippen molar-refractivity contribution < 1.29 is 4.79 Å². The van der Waals surface area contributed by atoms with Gasteiger partial charge in [0.05, 0.1) is 6.33 Å². The van der Waals surface area contributed by atoms with Crippen LogP contribution in [0.25, 0.3) is 0 Å². The maximum atomic E-state index is 12.4. The third-order valence-corrected chi connectivity index (χ3v) is 5.03. The molecule has 2 aliphatic rings. The third-order valence-electron chi connectivity index (χ3n) is 5.03. The van der Waals surface area contributed by atoms with Crippen LogP contribution in [-0.2, 0) is 13.6 Å². The van der Waals surface area contributed by atoms with Crippen molar-refractivity contribution in [2.45, 2.75) is 13.0 Å². The van der Waals surface area contributed by atoms with E-state index < -0.39 is 0 Å². The molecule has 2 saturated heterocycles. The van der Waals surface area contributed by atoms with Gasteiger partial charge in [0, 0.05) is 44.8 Å². The fourth-order valence-electron chi connectivity index (χ4n) is 3.85. The molecule has 1 aromatic heterocycles. The molecule has 2 aromatic rings. The quantitative estimate of drug-likeness (QED) is 0.867. The van der Waals surface area contributed by atoms with Crippen LogP contribution < -0.4 is 0 Å². The number of rotatable bonds is 3. The summed E-state index contributed by atoms with van der Waals surface area (Å²) in [6, 6.07) is 10.6. The van der Waals surface area contributed by atoms with Gasteiger partial charge in [-0.15, -0.1) is 0 Å². The van der Waals surface area contributed by atoms with Crippen LogP contribution in [-0.4, -0.2) is 51.4 Å². The van der Waals surface area contributed by atoms with E-state index in [2.05, 4.69) is 40.2 Å². The van der Waals surface area contributed by atoms with Gasteiger partial charge in [-0.1, -0.05) is 30.3 Å². The van der Waals surface area contributed by atoms with Crippen LogP contribution in [0.1, 0.15) is 22.5 Å². The fraction of sp³-hybridized carbons (Fsp3) is 0.444. The Morgan fingerprint density at radius 1 is 1.22 bits per heavy atom. The van der Waals surface area contributed by atoms with Gasteiger partial charge in [0.2, 0.25) is 0 Å². The molecule has 5 nitrogen and oxygen atoms in total. The Morgan fingerprint density at radius 3 is 2.70 bits per heavy atom. The molecule has 2 aliphatic heterocycles. The first-order valence-electron chi connectivity index (χ1n) is 8.17. The maximum absolute atomic E-state index is 12.4. The number of aryl methyl sites for hydroxylation is 1. The summed E-state index contributed by atoms with van der Waals surface area (Å²) in [5.74, 6) is 0.0673. The summed E-state index contributed by atoms with van der Waals surface area (Å²) in [5.41, 5.74) is 2.23. The average molecular weight is 310 g/mol. The molecule has 4 rings (SSSR count). The second-order valence-electron chi connectivity index (χ2n) is 7.03. The molecule has 0 N–H and O–H groups in total. The molecule has 120 valence electrons. The molecular formula is C18H22N4O. The highest BCUT2D eigenvalue weighted by Crippen LogP contribution is 2.40. The van der Waals surface area contributed by atoms with Crippen molar-refractivity contribution in [1.29, 1.82) is 0 Å². The minimum atomic E-state index is 0.0673.